The minimum absolute atomic E-state index is 0.212. The van der Waals surface area contributed by atoms with Crippen molar-refractivity contribution in [1.82, 2.24) is 0 Å². The zero-order valence-corrected chi connectivity index (χ0v) is 20.2. The normalized spacial score (nSPS) is 12.9. The van der Waals surface area contributed by atoms with Gasteiger partial charge in [0.2, 0.25) is 0 Å². The van der Waals surface area contributed by atoms with Gasteiger partial charge in [-0.25, -0.2) is 0 Å². The first-order chi connectivity index (χ1) is 12.8. The van der Waals surface area contributed by atoms with Crippen LogP contribution in [-0.2, 0) is 31.5 Å². The zero-order chi connectivity index (χ0) is 21.4. The average molecular weight is 409 g/mol. The van der Waals surface area contributed by atoms with Crippen LogP contribution in [0.2, 0.25) is 18.1 Å². The Hall–Kier alpha value is -1.17. The molecule has 0 aromatic heterocycles. The van der Waals surface area contributed by atoms with Crippen molar-refractivity contribution in [2.24, 2.45) is 0 Å². The quantitative estimate of drug-likeness (QED) is 0.289. The second kappa shape index (κ2) is 10.6. The molecular weight excluding hydrogens is 368 g/mol. The number of benzene rings is 1. The van der Waals surface area contributed by atoms with Crippen LogP contribution < -0.4 is 0 Å². The second-order valence-electron chi connectivity index (χ2n) is 9.88. The summed E-state index contributed by atoms with van der Waals surface area (Å²) in [6.45, 7) is 18.8. The predicted molar refractivity (Wildman–Crippen MR) is 118 cm³/mol. The van der Waals surface area contributed by atoms with E-state index in [4.69, 9.17) is 13.9 Å². The van der Waals surface area contributed by atoms with E-state index in [1.807, 2.05) is 20.8 Å². The average Bonchev–Trinajstić information content (AvgIpc) is 2.52. The molecule has 0 saturated carbocycles. The highest BCUT2D eigenvalue weighted by atomic mass is 28.4. The topological polar surface area (TPSA) is 44.8 Å². The highest BCUT2D eigenvalue weighted by Crippen LogP contribution is 2.36. The van der Waals surface area contributed by atoms with Crippen molar-refractivity contribution in [2.75, 3.05) is 19.8 Å². The van der Waals surface area contributed by atoms with Crippen molar-refractivity contribution >= 4 is 14.3 Å². The van der Waals surface area contributed by atoms with Crippen LogP contribution in [-0.4, -0.2) is 39.7 Å². The number of rotatable bonds is 10. The van der Waals surface area contributed by atoms with E-state index in [-0.39, 0.29) is 11.0 Å². The molecule has 0 atom stereocenters. The van der Waals surface area contributed by atoms with E-state index in [0.29, 0.717) is 19.6 Å². The first-order valence-corrected chi connectivity index (χ1v) is 13.2. The lowest BCUT2D eigenvalue weighted by Gasteiger charge is -2.36. The van der Waals surface area contributed by atoms with Gasteiger partial charge in [0.05, 0.1) is 19.6 Å². The first kappa shape index (κ1) is 24.9. The maximum atomic E-state index is 11.7. The summed E-state index contributed by atoms with van der Waals surface area (Å²) in [5, 5.41) is 0.242. The van der Waals surface area contributed by atoms with Crippen molar-refractivity contribution in [1.29, 1.82) is 0 Å². The van der Waals surface area contributed by atoms with Gasteiger partial charge in [-0.2, -0.15) is 0 Å². The number of carbonyl (C=O) groups excluding carboxylic acids is 1. The lowest BCUT2D eigenvalue weighted by atomic mass is 10.1. The number of hydrogen-bond donors (Lipinski definition) is 0. The van der Waals surface area contributed by atoms with Crippen molar-refractivity contribution in [3.8, 4) is 0 Å². The summed E-state index contributed by atoms with van der Waals surface area (Å²) in [6.07, 6.45) is 2.06. The first-order valence-electron chi connectivity index (χ1n) is 10.3. The molecule has 0 aliphatic rings. The SMILES string of the molecule is CC(C)(C)OC(=O)CCOCCc1cccc(CCO[Si](C)(C)C(C)(C)C)c1. The van der Waals surface area contributed by atoms with Crippen molar-refractivity contribution in [3.05, 3.63) is 35.4 Å². The molecule has 0 saturated heterocycles. The molecule has 4 nitrogen and oxygen atoms in total. The Morgan fingerprint density at radius 3 is 2.04 bits per heavy atom. The van der Waals surface area contributed by atoms with Crippen LogP contribution in [0.4, 0.5) is 0 Å². The molecule has 160 valence electrons. The van der Waals surface area contributed by atoms with Crippen LogP contribution >= 0.6 is 0 Å². The number of ether oxygens (including phenoxy) is 2. The predicted octanol–water partition coefficient (Wildman–Crippen LogP) is 5.54. The van der Waals surface area contributed by atoms with Gasteiger partial charge in [-0.1, -0.05) is 45.0 Å². The molecular formula is C23H40O4Si. The van der Waals surface area contributed by atoms with Gasteiger partial charge in [-0.05, 0) is 62.9 Å². The van der Waals surface area contributed by atoms with Gasteiger partial charge in [0.15, 0.2) is 8.32 Å². The van der Waals surface area contributed by atoms with Gasteiger partial charge in [-0.3, -0.25) is 4.79 Å². The Morgan fingerprint density at radius 1 is 0.929 bits per heavy atom. The number of esters is 1. The summed E-state index contributed by atoms with van der Waals surface area (Å²) in [4.78, 5) is 11.7. The molecule has 0 heterocycles. The van der Waals surface area contributed by atoms with Crippen LogP contribution in [0.25, 0.3) is 0 Å². The maximum absolute atomic E-state index is 11.7. The largest absolute Gasteiger partial charge is 0.460 e. The summed E-state index contributed by atoms with van der Waals surface area (Å²) in [5.74, 6) is -0.212. The molecule has 0 amide bonds. The lowest BCUT2D eigenvalue weighted by Crippen LogP contribution is -2.41. The maximum Gasteiger partial charge on any atom is 0.308 e. The summed E-state index contributed by atoms with van der Waals surface area (Å²) < 4.78 is 17.2. The Kier molecular flexibility index (Phi) is 9.38. The lowest BCUT2D eigenvalue weighted by molar-refractivity contribution is -0.156. The molecule has 1 rings (SSSR count). The second-order valence-corrected chi connectivity index (χ2v) is 14.7. The van der Waals surface area contributed by atoms with Gasteiger partial charge in [0.25, 0.3) is 0 Å². The zero-order valence-electron chi connectivity index (χ0n) is 19.2. The number of carbonyl (C=O) groups is 1. The monoisotopic (exact) mass is 408 g/mol. The Labute approximate surface area is 173 Å². The minimum atomic E-state index is -1.68. The summed E-state index contributed by atoms with van der Waals surface area (Å²) >= 11 is 0. The van der Waals surface area contributed by atoms with E-state index in [2.05, 4.69) is 58.1 Å². The molecule has 0 radical (unpaired) electrons. The third-order valence-electron chi connectivity index (χ3n) is 5.06. The van der Waals surface area contributed by atoms with E-state index < -0.39 is 13.9 Å². The van der Waals surface area contributed by atoms with Gasteiger partial charge < -0.3 is 13.9 Å². The molecule has 0 unspecified atom stereocenters. The highest BCUT2D eigenvalue weighted by molar-refractivity contribution is 6.74. The Bertz CT molecular complexity index is 612. The highest BCUT2D eigenvalue weighted by Gasteiger charge is 2.36. The van der Waals surface area contributed by atoms with E-state index in [9.17, 15) is 4.79 Å². The molecule has 0 aliphatic carbocycles. The molecule has 0 spiro atoms. The Balaban J connectivity index is 2.33. The van der Waals surface area contributed by atoms with E-state index >= 15 is 0 Å². The van der Waals surface area contributed by atoms with Crippen molar-refractivity contribution in [2.45, 2.75) is 84.5 Å². The molecule has 28 heavy (non-hydrogen) atoms. The Morgan fingerprint density at radius 2 is 1.50 bits per heavy atom. The standard InChI is InChI=1S/C23H40O4Si/c1-22(2,3)27-21(24)14-16-25-15-12-19-10-9-11-20(18-19)13-17-26-28(7,8)23(4,5)6/h9-11,18H,12-17H2,1-8H3. The van der Waals surface area contributed by atoms with Crippen LogP contribution in [0.3, 0.4) is 0 Å². The van der Waals surface area contributed by atoms with E-state index in [1.165, 1.54) is 11.1 Å². The van der Waals surface area contributed by atoms with Crippen molar-refractivity contribution in [3.63, 3.8) is 0 Å². The molecule has 1 aromatic carbocycles. The molecule has 0 fully saturated rings. The molecule has 1 aromatic rings. The van der Waals surface area contributed by atoms with E-state index in [0.717, 1.165) is 19.4 Å². The summed E-state index contributed by atoms with van der Waals surface area (Å²) in [6, 6.07) is 8.60. The molecule has 5 heteroatoms. The molecule has 0 N–H and O–H groups in total. The van der Waals surface area contributed by atoms with Gasteiger partial charge >= 0.3 is 5.97 Å². The summed E-state index contributed by atoms with van der Waals surface area (Å²) in [7, 11) is -1.68. The smallest absolute Gasteiger partial charge is 0.308 e. The third-order valence-corrected chi connectivity index (χ3v) is 9.60. The van der Waals surface area contributed by atoms with Crippen LogP contribution in [0.5, 0.6) is 0 Å². The fraction of sp³-hybridized carbons (Fsp3) is 0.696. The van der Waals surface area contributed by atoms with Gasteiger partial charge in [0, 0.05) is 6.61 Å². The fourth-order valence-electron chi connectivity index (χ4n) is 2.42. The van der Waals surface area contributed by atoms with Gasteiger partial charge in [0.1, 0.15) is 5.60 Å². The molecule has 0 bridgehead atoms. The van der Waals surface area contributed by atoms with Crippen LogP contribution in [0.15, 0.2) is 24.3 Å². The summed E-state index contributed by atoms with van der Waals surface area (Å²) in [5.41, 5.74) is 2.11. The van der Waals surface area contributed by atoms with Crippen LogP contribution in [0, 0.1) is 0 Å². The van der Waals surface area contributed by atoms with E-state index in [1.54, 1.807) is 0 Å². The van der Waals surface area contributed by atoms with Crippen LogP contribution in [0.1, 0.15) is 59.1 Å². The number of hydrogen-bond acceptors (Lipinski definition) is 4. The third kappa shape index (κ3) is 9.85. The van der Waals surface area contributed by atoms with Gasteiger partial charge in [-0.15, -0.1) is 0 Å². The minimum Gasteiger partial charge on any atom is -0.460 e. The fourth-order valence-corrected chi connectivity index (χ4v) is 3.47. The van der Waals surface area contributed by atoms with Crippen molar-refractivity contribution < 1.29 is 18.7 Å². The molecule has 0 aliphatic heterocycles.